The monoisotopic (exact) mass is 287 g/mol. The summed E-state index contributed by atoms with van der Waals surface area (Å²) in [6, 6.07) is 5.12. The number of nitrogens with zero attached hydrogens (tertiary/aromatic N) is 1. The highest BCUT2D eigenvalue weighted by molar-refractivity contribution is 7.89. The maximum Gasteiger partial charge on any atom is 0.247 e. The molecule has 104 valence electrons. The Kier molecular flexibility index (Phi) is 4.46. The van der Waals surface area contributed by atoms with Crippen molar-refractivity contribution >= 4 is 21.8 Å². The van der Waals surface area contributed by atoms with Gasteiger partial charge in [-0.3, -0.25) is 9.59 Å². The maximum absolute atomic E-state index is 12.2. The van der Waals surface area contributed by atoms with E-state index in [0.717, 1.165) is 6.07 Å². The van der Waals surface area contributed by atoms with E-state index in [1.807, 2.05) is 0 Å². The summed E-state index contributed by atoms with van der Waals surface area (Å²) in [6.45, 7) is -1.42. The fraction of sp³-hybridized carbons (Fsp3) is 0.200. The number of primary amides is 2. The normalized spacial score (nSPS) is 11.4. The summed E-state index contributed by atoms with van der Waals surface area (Å²) >= 11 is 0. The maximum atomic E-state index is 12.2. The van der Waals surface area contributed by atoms with E-state index in [0.29, 0.717) is 4.31 Å². The zero-order valence-electron chi connectivity index (χ0n) is 9.81. The topological polar surface area (TPSA) is 144 Å². The molecule has 0 atom stereocenters. The average Bonchev–Trinajstić information content (AvgIpc) is 2.27. The number of sulfonamides is 1. The minimum Gasteiger partial charge on any atom is -0.507 e. The molecule has 0 aliphatic heterocycles. The van der Waals surface area contributed by atoms with Gasteiger partial charge in [0.2, 0.25) is 21.8 Å². The third-order valence-corrected chi connectivity index (χ3v) is 3.99. The predicted molar refractivity (Wildman–Crippen MR) is 65.3 cm³/mol. The Morgan fingerprint density at radius 3 is 2.00 bits per heavy atom. The van der Waals surface area contributed by atoms with Gasteiger partial charge < -0.3 is 16.6 Å². The molecule has 1 rings (SSSR count). The number of rotatable bonds is 6. The Morgan fingerprint density at radius 1 is 1.11 bits per heavy atom. The van der Waals surface area contributed by atoms with Crippen LogP contribution in [-0.4, -0.2) is 42.7 Å². The molecule has 0 aromatic heterocycles. The lowest BCUT2D eigenvalue weighted by Gasteiger charge is -2.19. The number of phenols is 1. The minimum atomic E-state index is -4.24. The van der Waals surface area contributed by atoms with Crippen molar-refractivity contribution in [3.8, 4) is 5.75 Å². The Morgan fingerprint density at radius 2 is 1.58 bits per heavy atom. The van der Waals surface area contributed by atoms with Gasteiger partial charge in [0.05, 0.1) is 13.1 Å². The first-order chi connectivity index (χ1) is 8.75. The van der Waals surface area contributed by atoms with E-state index in [1.165, 1.54) is 18.2 Å². The van der Waals surface area contributed by atoms with Crippen LogP contribution < -0.4 is 11.5 Å². The average molecular weight is 287 g/mol. The highest BCUT2D eigenvalue weighted by Crippen LogP contribution is 2.24. The van der Waals surface area contributed by atoms with Crippen molar-refractivity contribution in [2.75, 3.05) is 13.1 Å². The van der Waals surface area contributed by atoms with Crippen molar-refractivity contribution < 1.29 is 23.1 Å². The van der Waals surface area contributed by atoms with Crippen LogP contribution in [0.15, 0.2) is 29.2 Å². The Balaban J connectivity index is 3.23. The van der Waals surface area contributed by atoms with Crippen LogP contribution in [0.3, 0.4) is 0 Å². The molecule has 0 aliphatic rings. The number of aromatic hydroxyl groups is 1. The van der Waals surface area contributed by atoms with E-state index in [4.69, 9.17) is 11.5 Å². The van der Waals surface area contributed by atoms with E-state index in [2.05, 4.69) is 0 Å². The van der Waals surface area contributed by atoms with Gasteiger partial charge in [0.1, 0.15) is 10.6 Å². The molecule has 9 heteroatoms. The van der Waals surface area contributed by atoms with Crippen LogP contribution in [0, 0.1) is 0 Å². The Labute approximate surface area is 109 Å². The highest BCUT2D eigenvalue weighted by atomic mass is 32.2. The lowest BCUT2D eigenvalue weighted by Crippen LogP contribution is -2.43. The molecule has 8 nitrogen and oxygen atoms in total. The van der Waals surface area contributed by atoms with Crippen LogP contribution >= 0.6 is 0 Å². The smallest absolute Gasteiger partial charge is 0.247 e. The highest BCUT2D eigenvalue weighted by Gasteiger charge is 2.29. The van der Waals surface area contributed by atoms with Crippen molar-refractivity contribution in [2.45, 2.75) is 4.90 Å². The summed E-state index contributed by atoms with van der Waals surface area (Å²) in [5.74, 6) is -2.39. The first-order valence-electron chi connectivity index (χ1n) is 5.10. The van der Waals surface area contributed by atoms with Gasteiger partial charge in [0.25, 0.3) is 0 Å². The summed E-state index contributed by atoms with van der Waals surface area (Å²) in [5.41, 5.74) is 9.84. The second kappa shape index (κ2) is 5.67. The first-order valence-corrected chi connectivity index (χ1v) is 6.54. The van der Waals surface area contributed by atoms with Crippen molar-refractivity contribution in [2.24, 2.45) is 11.5 Å². The Hall–Kier alpha value is -2.13. The standard InChI is InChI=1S/C10H13N3O5S/c11-9(15)5-13(6-10(12)16)19(17,18)8-4-2-1-3-7(8)14/h1-4,14H,5-6H2,(H2,11,15)(H2,12,16). The van der Waals surface area contributed by atoms with E-state index in [-0.39, 0.29) is 0 Å². The Bertz CT molecular complexity index is 583. The summed E-state index contributed by atoms with van der Waals surface area (Å²) in [7, 11) is -4.24. The quantitative estimate of drug-likeness (QED) is 0.574. The number of carbonyl (C=O) groups is 2. The molecule has 2 amide bonds. The second-order valence-corrected chi connectivity index (χ2v) is 5.58. The molecule has 0 bridgehead atoms. The van der Waals surface area contributed by atoms with E-state index >= 15 is 0 Å². The largest absolute Gasteiger partial charge is 0.507 e. The van der Waals surface area contributed by atoms with Crippen LogP contribution in [0.4, 0.5) is 0 Å². The molecule has 0 saturated carbocycles. The van der Waals surface area contributed by atoms with Crippen LogP contribution in [0.1, 0.15) is 0 Å². The second-order valence-electron chi connectivity index (χ2n) is 3.67. The van der Waals surface area contributed by atoms with E-state index < -0.39 is 45.6 Å². The number of hydrogen-bond donors (Lipinski definition) is 3. The first kappa shape index (κ1) is 14.9. The molecule has 0 fully saturated rings. The number of para-hydroxylation sites is 1. The van der Waals surface area contributed by atoms with Gasteiger partial charge in [0, 0.05) is 0 Å². The molecule has 0 heterocycles. The number of benzene rings is 1. The van der Waals surface area contributed by atoms with Crippen molar-refractivity contribution in [3.05, 3.63) is 24.3 Å². The molecule has 1 aromatic rings. The predicted octanol–water partition coefficient (Wildman–Crippen LogP) is -1.65. The number of amides is 2. The van der Waals surface area contributed by atoms with Gasteiger partial charge >= 0.3 is 0 Å². The van der Waals surface area contributed by atoms with Gasteiger partial charge in [0.15, 0.2) is 0 Å². The summed E-state index contributed by atoms with van der Waals surface area (Å²) in [4.78, 5) is 21.3. The lowest BCUT2D eigenvalue weighted by molar-refractivity contribution is -0.120. The van der Waals surface area contributed by atoms with Gasteiger partial charge in [-0.2, -0.15) is 4.31 Å². The van der Waals surface area contributed by atoms with Crippen LogP contribution in [0.5, 0.6) is 5.75 Å². The van der Waals surface area contributed by atoms with Gasteiger partial charge in [-0.1, -0.05) is 12.1 Å². The molecule has 19 heavy (non-hydrogen) atoms. The molecule has 0 unspecified atom stereocenters. The third-order valence-electron chi connectivity index (χ3n) is 2.15. The van der Waals surface area contributed by atoms with E-state index in [9.17, 15) is 23.1 Å². The summed E-state index contributed by atoms with van der Waals surface area (Å²) < 4.78 is 24.9. The van der Waals surface area contributed by atoms with E-state index in [1.54, 1.807) is 0 Å². The fourth-order valence-electron chi connectivity index (χ4n) is 1.39. The molecule has 1 aromatic carbocycles. The van der Waals surface area contributed by atoms with Crippen LogP contribution in [0.2, 0.25) is 0 Å². The molecular weight excluding hydrogens is 274 g/mol. The van der Waals surface area contributed by atoms with Gasteiger partial charge in [-0.15, -0.1) is 0 Å². The number of carbonyl (C=O) groups excluding carboxylic acids is 2. The number of nitrogens with two attached hydrogens (primary N) is 2. The van der Waals surface area contributed by atoms with Gasteiger partial charge in [-0.05, 0) is 12.1 Å². The van der Waals surface area contributed by atoms with Crippen molar-refractivity contribution in [1.82, 2.24) is 4.31 Å². The zero-order valence-corrected chi connectivity index (χ0v) is 10.6. The SMILES string of the molecule is NC(=O)CN(CC(N)=O)S(=O)(=O)c1ccccc1O. The third kappa shape index (κ3) is 3.66. The molecule has 0 radical (unpaired) electrons. The molecule has 0 saturated heterocycles. The fourth-order valence-corrected chi connectivity index (χ4v) is 2.84. The number of hydrogen-bond acceptors (Lipinski definition) is 5. The zero-order chi connectivity index (χ0) is 14.6. The van der Waals surface area contributed by atoms with Crippen molar-refractivity contribution in [1.29, 1.82) is 0 Å². The molecule has 0 aliphatic carbocycles. The summed E-state index contributed by atoms with van der Waals surface area (Å²) in [6.07, 6.45) is 0. The number of phenolic OH excluding ortho intramolecular Hbond substituents is 1. The van der Waals surface area contributed by atoms with Crippen LogP contribution in [-0.2, 0) is 19.6 Å². The molecule has 5 N–H and O–H groups in total. The molecule has 0 spiro atoms. The van der Waals surface area contributed by atoms with Crippen LogP contribution in [0.25, 0.3) is 0 Å². The summed E-state index contributed by atoms with van der Waals surface area (Å²) in [5, 5.41) is 9.53. The molecular formula is C10H13N3O5S. The lowest BCUT2D eigenvalue weighted by atomic mass is 10.3. The van der Waals surface area contributed by atoms with Crippen molar-refractivity contribution in [3.63, 3.8) is 0 Å². The van der Waals surface area contributed by atoms with Gasteiger partial charge in [-0.25, -0.2) is 8.42 Å². The minimum absolute atomic E-state index is 0.433.